The Bertz CT molecular complexity index is 1440. The Morgan fingerprint density at radius 2 is 1.68 bits per heavy atom. The molecule has 0 saturated heterocycles. The molecular formula is C26H23N3O4S. The van der Waals surface area contributed by atoms with Crippen LogP contribution in [0.25, 0.3) is 10.2 Å². The molecule has 7 nitrogen and oxygen atoms in total. The molecule has 0 aliphatic rings. The van der Waals surface area contributed by atoms with Crippen LogP contribution in [-0.2, 0) is 4.79 Å². The van der Waals surface area contributed by atoms with E-state index in [2.05, 4.69) is 10.3 Å². The number of benzene rings is 3. The fourth-order valence-corrected chi connectivity index (χ4v) is 4.71. The molecule has 2 amide bonds. The summed E-state index contributed by atoms with van der Waals surface area (Å²) in [5.74, 6) is -1.76. The molecule has 1 aromatic heterocycles. The summed E-state index contributed by atoms with van der Waals surface area (Å²) in [7, 11) is 0. The molecule has 172 valence electrons. The first kappa shape index (κ1) is 23.1. The van der Waals surface area contributed by atoms with Gasteiger partial charge in [-0.2, -0.15) is 4.99 Å². The second-order valence-electron chi connectivity index (χ2n) is 7.80. The Hall–Kier alpha value is -4.04. The molecule has 3 aromatic carbocycles. The topological polar surface area (TPSA) is 101 Å². The first-order chi connectivity index (χ1) is 16.4. The molecule has 0 saturated carbocycles. The predicted octanol–water partition coefficient (Wildman–Crippen LogP) is 5.04. The lowest BCUT2D eigenvalue weighted by atomic mass is 10.1. The van der Waals surface area contributed by atoms with Crippen LogP contribution < -0.4 is 10.1 Å². The largest absolute Gasteiger partial charge is 0.480 e. The van der Waals surface area contributed by atoms with Crippen molar-refractivity contribution < 1.29 is 19.5 Å². The molecule has 0 aliphatic carbocycles. The summed E-state index contributed by atoms with van der Waals surface area (Å²) in [6, 6.07) is 20.3. The SMILES string of the molecule is CCC(C(=O)O)n1/c(=N/C(=O)c2ccc(C)cc2)sc2cc(C(=O)Nc3ccccc3)ccc21. The number of carboxylic acid groups (broad SMARTS) is 1. The van der Waals surface area contributed by atoms with Crippen LogP contribution >= 0.6 is 11.3 Å². The van der Waals surface area contributed by atoms with Gasteiger partial charge in [-0.3, -0.25) is 9.59 Å². The highest BCUT2D eigenvalue weighted by atomic mass is 32.1. The van der Waals surface area contributed by atoms with Gasteiger partial charge in [-0.05, 0) is 55.8 Å². The average Bonchev–Trinajstić information content (AvgIpc) is 3.17. The van der Waals surface area contributed by atoms with Crippen LogP contribution in [0.3, 0.4) is 0 Å². The standard InChI is InChI=1S/C26H23N3O4S/c1-3-20(25(32)33)29-21-14-13-18(24(31)27-19-7-5-4-6-8-19)15-22(21)34-26(29)28-23(30)17-11-9-16(2)10-12-17/h4-15,20H,3H2,1-2H3,(H,27,31)(H,32,33)/b28-26-. The van der Waals surface area contributed by atoms with Crippen LogP contribution in [0.4, 0.5) is 5.69 Å². The van der Waals surface area contributed by atoms with Crippen LogP contribution in [0.1, 0.15) is 45.7 Å². The van der Waals surface area contributed by atoms with Gasteiger partial charge in [-0.25, -0.2) is 4.79 Å². The van der Waals surface area contributed by atoms with Crippen molar-refractivity contribution in [2.75, 3.05) is 5.32 Å². The zero-order valence-corrected chi connectivity index (χ0v) is 19.5. The highest BCUT2D eigenvalue weighted by Crippen LogP contribution is 2.25. The Kier molecular flexibility index (Phi) is 6.70. The van der Waals surface area contributed by atoms with Gasteiger partial charge in [0.25, 0.3) is 11.8 Å². The van der Waals surface area contributed by atoms with Crippen LogP contribution in [0.2, 0.25) is 0 Å². The van der Waals surface area contributed by atoms with Crippen molar-refractivity contribution in [1.82, 2.24) is 4.57 Å². The fraction of sp³-hybridized carbons (Fsp3) is 0.154. The van der Waals surface area contributed by atoms with E-state index in [-0.39, 0.29) is 10.7 Å². The molecule has 8 heteroatoms. The Morgan fingerprint density at radius 3 is 2.32 bits per heavy atom. The third-order valence-electron chi connectivity index (χ3n) is 5.40. The second kappa shape index (κ2) is 9.84. The maximum Gasteiger partial charge on any atom is 0.326 e. The number of aliphatic carboxylic acids is 1. The van der Waals surface area contributed by atoms with E-state index in [1.807, 2.05) is 37.3 Å². The molecular weight excluding hydrogens is 450 g/mol. The number of carbonyl (C=O) groups is 3. The van der Waals surface area contributed by atoms with Crippen molar-refractivity contribution in [3.63, 3.8) is 0 Å². The minimum atomic E-state index is -1.02. The lowest BCUT2D eigenvalue weighted by Crippen LogP contribution is -2.27. The number of thiazole rings is 1. The summed E-state index contributed by atoms with van der Waals surface area (Å²) < 4.78 is 2.23. The number of aryl methyl sites for hydroxylation is 1. The number of carbonyl (C=O) groups excluding carboxylic acids is 2. The average molecular weight is 474 g/mol. The summed E-state index contributed by atoms with van der Waals surface area (Å²) >= 11 is 1.18. The van der Waals surface area contributed by atoms with E-state index in [9.17, 15) is 19.5 Å². The molecule has 2 N–H and O–H groups in total. The number of para-hydroxylation sites is 1. The Balaban J connectivity index is 1.80. The number of hydrogen-bond acceptors (Lipinski definition) is 4. The smallest absolute Gasteiger partial charge is 0.326 e. The van der Waals surface area contributed by atoms with Gasteiger partial charge in [0.2, 0.25) is 0 Å². The number of nitrogens with one attached hydrogen (secondary N) is 1. The van der Waals surface area contributed by atoms with E-state index in [1.54, 1.807) is 54.0 Å². The summed E-state index contributed by atoms with van der Waals surface area (Å²) in [5.41, 5.74) is 3.13. The molecule has 4 aromatic rings. The van der Waals surface area contributed by atoms with Gasteiger partial charge >= 0.3 is 5.97 Å². The molecule has 1 unspecified atom stereocenters. The van der Waals surface area contributed by atoms with E-state index >= 15 is 0 Å². The minimum Gasteiger partial charge on any atom is -0.480 e. The summed E-state index contributed by atoms with van der Waals surface area (Å²) in [5, 5.41) is 12.7. The third-order valence-corrected chi connectivity index (χ3v) is 6.42. The molecule has 0 radical (unpaired) electrons. The van der Waals surface area contributed by atoms with Gasteiger partial charge in [0.1, 0.15) is 6.04 Å². The molecule has 1 atom stereocenters. The maximum absolute atomic E-state index is 12.8. The van der Waals surface area contributed by atoms with Crippen molar-refractivity contribution in [3.05, 3.63) is 94.3 Å². The monoisotopic (exact) mass is 473 g/mol. The highest BCUT2D eigenvalue weighted by molar-refractivity contribution is 7.16. The van der Waals surface area contributed by atoms with E-state index in [1.165, 1.54) is 11.3 Å². The fourth-order valence-electron chi connectivity index (χ4n) is 3.60. The Labute approximate surface area is 200 Å². The van der Waals surface area contributed by atoms with Gasteiger partial charge in [-0.15, -0.1) is 0 Å². The lowest BCUT2D eigenvalue weighted by molar-refractivity contribution is -0.140. The molecule has 4 rings (SSSR count). The van der Waals surface area contributed by atoms with E-state index in [4.69, 9.17) is 0 Å². The number of carboxylic acids is 1. The molecule has 1 heterocycles. The van der Waals surface area contributed by atoms with Crippen LogP contribution in [0, 0.1) is 6.92 Å². The first-order valence-corrected chi connectivity index (χ1v) is 11.6. The Morgan fingerprint density at radius 1 is 1.00 bits per heavy atom. The van der Waals surface area contributed by atoms with Crippen molar-refractivity contribution in [1.29, 1.82) is 0 Å². The van der Waals surface area contributed by atoms with Crippen LogP contribution in [0.15, 0.2) is 77.8 Å². The zero-order chi connectivity index (χ0) is 24.2. The number of hydrogen-bond donors (Lipinski definition) is 2. The number of amides is 2. The third kappa shape index (κ3) is 4.82. The van der Waals surface area contributed by atoms with Gasteiger partial charge in [-0.1, -0.05) is 54.2 Å². The van der Waals surface area contributed by atoms with E-state index in [0.29, 0.717) is 33.5 Å². The van der Waals surface area contributed by atoms with E-state index in [0.717, 1.165) is 5.56 Å². The molecule has 0 fully saturated rings. The molecule has 34 heavy (non-hydrogen) atoms. The van der Waals surface area contributed by atoms with Crippen LogP contribution in [-0.4, -0.2) is 27.5 Å². The maximum atomic E-state index is 12.8. The van der Waals surface area contributed by atoms with Crippen molar-refractivity contribution >= 4 is 45.0 Å². The van der Waals surface area contributed by atoms with Crippen molar-refractivity contribution in [2.24, 2.45) is 4.99 Å². The molecule has 0 bridgehead atoms. The van der Waals surface area contributed by atoms with Gasteiger partial charge < -0.3 is 15.0 Å². The summed E-state index contributed by atoms with van der Waals surface area (Å²) in [4.78, 5) is 42.1. The quantitative estimate of drug-likeness (QED) is 0.410. The van der Waals surface area contributed by atoms with E-state index < -0.39 is 17.9 Å². The highest BCUT2D eigenvalue weighted by Gasteiger charge is 2.23. The summed E-state index contributed by atoms with van der Waals surface area (Å²) in [6.07, 6.45) is 0.309. The zero-order valence-electron chi connectivity index (χ0n) is 18.7. The number of nitrogens with zero attached hydrogens (tertiary/aromatic N) is 2. The molecule has 0 spiro atoms. The van der Waals surface area contributed by atoms with Crippen molar-refractivity contribution in [2.45, 2.75) is 26.3 Å². The first-order valence-electron chi connectivity index (χ1n) is 10.8. The summed E-state index contributed by atoms with van der Waals surface area (Å²) in [6.45, 7) is 3.69. The molecule has 0 aliphatic heterocycles. The van der Waals surface area contributed by atoms with Gasteiger partial charge in [0, 0.05) is 16.8 Å². The normalized spacial score (nSPS) is 12.5. The van der Waals surface area contributed by atoms with Gasteiger partial charge in [0.15, 0.2) is 4.80 Å². The van der Waals surface area contributed by atoms with Crippen molar-refractivity contribution in [3.8, 4) is 0 Å². The second-order valence-corrected chi connectivity index (χ2v) is 8.81. The number of fused-ring (bicyclic) bond motifs is 1. The number of aromatic nitrogens is 1. The number of rotatable bonds is 6. The number of anilines is 1. The lowest BCUT2D eigenvalue weighted by Gasteiger charge is -2.13. The minimum absolute atomic E-state index is 0.274. The van der Waals surface area contributed by atoms with Gasteiger partial charge in [0.05, 0.1) is 10.2 Å². The van der Waals surface area contributed by atoms with Crippen LogP contribution in [0.5, 0.6) is 0 Å². The predicted molar refractivity (Wildman–Crippen MR) is 132 cm³/mol.